The van der Waals surface area contributed by atoms with Gasteiger partial charge in [0.1, 0.15) is 0 Å². The summed E-state index contributed by atoms with van der Waals surface area (Å²) in [5.41, 5.74) is -0.399. The third-order valence-electron chi connectivity index (χ3n) is 1.91. The van der Waals surface area contributed by atoms with E-state index in [0.717, 1.165) is 32.4 Å². The molecule has 0 radical (unpaired) electrons. The summed E-state index contributed by atoms with van der Waals surface area (Å²) in [5, 5.41) is 12.8. The predicted octanol–water partition coefficient (Wildman–Crippen LogP) is 0.933. The minimum Gasteiger partial charge on any atom is -0.390 e. The molecule has 0 aromatic heterocycles. The minimum atomic E-state index is -0.399. The van der Waals surface area contributed by atoms with Crippen molar-refractivity contribution in [2.24, 2.45) is 0 Å². The van der Waals surface area contributed by atoms with Crippen molar-refractivity contribution in [1.29, 1.82) is 0 Å². The van der Waals surface area contributed by atoms with Crippen LogP contribution in [-0.2, 0) is 0 Å². The zero-order valence-electron chi connectivity index (χ0n) is 6.39. The molecule has 2 nitrogen and oxygen atoms in total. The van der Waals surface area contributed by atoms with Gasteiger partial charge in [-0.05, 0) is 39.3 Å². The van der Waals surface area contributed by atoms with E-state index in [-0.39, 0.29) is 12.4 Å². The normalized spacial score (nSPS) is 34.2. The van der Waals surface area contributed by atoms with Crippen LogP contribution in [0.4, 0.5) is 0 Å². The van der Waals surface area contributed by atoms with Crippen molar-refractivity contribution in [2.75, 3.05) is 13.1 Å². The fourth-order valence-corrected chi connectivity index (χ4v) is 1.20. The second-order valence-corrected chi connectivity index (χ2v) is 3.10. The van der Waals surface area contributed by atoms with Crippen LogP contribution in [0.5, 0.6) is 0 Å². The van der Waals surface area contributed by atoms with Crippen molar-refractivity contribution in [3.05, 3.63) is 0 Å². The van der Waals surface area contributed by atoms with E-state index in [1.807, 2.05) is 6.92 Å². The van der Waals surface area contributed by atoms with Gasteiger partial charge in [-0.25, -0.2) is 0 Å². The highest BCUT2D eigenvalue weighted by atomic mass is 35.5. The van der Waals surface area contributed by atoms with Crippen LogP contribution in [0.2, 0.25) is 0 Å². The Morgan fingerprint density at radius 1 is 1.30 bits per heavy atom. The van der Waals surface area contributed by atoms with Crippen LogP contribution in [0.3, 0.4) is 0 Å². The van der Waals surface area contributed by atoms with Gasteiger partial charge in [0.05, 0.1) is 5.60 Å². The lowest BCUT2D eigenvalue weighted by atomic mass is 9.98. The summed E-state index contributed by atoms with van der Waals surface area (Å²) in [7, 11) is 0. The summed E-state index contributed by atoms with van der Waals surface area (Å²) >= 11 is 0. The summed E-state index contributed by atoms with van der Waals surface area (Å²) in [6.45, 7) is 3.95. The maximum Gasteiger partial charge on any atom is 0.0632 e. The summed E-state index contributed by atoms with van der Waals surface area (Å²) in [6, 6.07) is 0. The molecule has 1 fully saturated rings. The van der Waals surface area contributed by atoms with Gasteiger partial charge in [0.25, 0.3) is 0 Å². The molecule has 1 rings (SSSR count). The number of hydrogen-bond donors (Lipinski definition) is 2. The zero-order valence-corrected chi connectivity index (χ0v) is 7.21. The van der Waals surface area contributed by atoms with E-state index >= 15 is 0 Å². The lowest BCUT2D eigenvalue weighted by Gasteiger charge is -2.19. The van der Waals surface area contributed by atoms with Gasteiger partial charge in [0.15, 0.2) is 0 Å². The van der Waals surface area contributed by atoms with Crippen LogP contribution in [0.1, 0.15) is 26.2 Å². The van der Waals surface area contributed by atoms with Crippen molar-refractivity contribution in [1.82, 2.24) is 5.32 Å². The monoisotopic (exact) mass is 165 g/mol. The molecule has 0 spiro atoms. The second-order valence-electron chi connectivity index (χ2n) is 3.10. The molecule has 1 saturated heterocycles. The van der Waals surface area contributed by atoms with Crippen molar-refractivity contribution in [3.63, 3.8) is 0 Å². The number of rotatable bonds is 0. The van der Waals surface area contributed by atoms with Crippen LogP contribution in [0.15, 0.2) is 0 Å². The average molecular weight is 166 g/mol. The van der Waals surface area contributed by atoms with Gasteiger partial charge in [0.2, 0.25) is 0 Å². The van der Waals surface area contributed by atoms with E-state index in [9.17, 15) is 5.11 Å². The van der Waals surface area contributed by atoms with Crippen molar-refractivity contribution in [2.45, 2.75) is 31.8 Å². The van der Waals surface area contributed by atoms with E-state index < -0.39 is 5.60 Å². The Kier molecular flexibility index (Phi) is 4.25. The van der Waals surface area contributed by atoms with Crippen LogP contribution in [-0.4, -0.2) is 23.8 Å². The SMILES string of the molecule is C[C@]1(O)CCCNCC1.Cl. The fraction of sp³-hybridized carbons (Fsp3) is 1.00. The Morgan fingerprint density at radius 2 is 2.00 bits per heavy atom. The van der Waals surface area contributed by atoms with Crippen LogP contribution >= 0.6 is 12.4 Å². The number of hydrogen-bond acceptors (Lipinski definition) is 2. The highest BCUT2D eigenvalue weighted by Crippen LogP contribution is 2.17. The predicted molar refractivity (Wildman–Crippen MR) is 44.6 cm³/mol. The number of nitrogens with one attached hydrogen (secondary N) is 1. The van der Waals surface area contributed by atoms with Crippen molar-refractivity contribution < 1.29 is 5.11 Å². The molecule has 1 atom stereocenters. The van der Waals surface area contributed by atoms with Crippen LogP contribution in [0.25, 0.3) is 0 Å². The molecule has 0 unspecified atom stereocenters. The van der Waals surface area contributed by atoms with Gasteiger partial charge >= 0.3 is 0 Å². The van der Waals surface area contributed by atoms with Gasteiger partial charge < -0.3 is 10.4 Å². The van der Waals surface area contributed by atoms with Crippen molar-refractivity contribution in [3.8, 4) is 0 Å². The number of halogens is 1. The minimum absolute atomic E-state index is 0. The van der Waals surface area contributed by atoms with E-state index in [4.69, 9.17) is 0 Å². The molecule has 0 aromatic rings. The molecule has 10 heavy (non-hydrogen) atoms. The maximum atomic E-state index is 9.51. The van der Waals surface area contributed by atoms with E-state index in [1.165, 1.54) is 0 Å². The quantitative estimate of drug-likeness (QED) is 0.560. The van der Waals surface area contributed by atoms with E-state index in [0.29, 0.717) is 0 Å². The molecule has 1 aliphatic heterocycles. The highest BCUT2D eigenvalue weighted by molar-refractivity contribution is 5.85. The van der Waals surface area contributed by atoms with Gasteiger partial charge in [-0.1, -0.05) is 0 Å². The lowest BCUT2D eigenvalue weighted by molar-refractivity contribution is 0.0477. The molecule has 62 valence electrons. The van der Waals surface area contributed by atoms with E-state index in [1.54, 1.807) is 0 Å². The molecule has 2 N–H and O–H groups in total. The van der Waals surface area contributed by atoms with Gasteiger partial charge in [-0.15, -0.1) is 12.4 Å². The van der Waals surface area contributed by atoms with E-state index in [2.05, 4.69) is 5.32 Å². The third-order valence-corrected chi connectivity index (χ3v) is 1.91. The summed E-state index contributed by atoms with van der Waals surface area (Å²) in [6.07, 6.45) is 2.94. The molecular formula is C7H16ClNO. The standard InChI is InChI=1S/C7H15NO.ClH/c1-7(9)3-2-5-8-6-4-7;/h8-9H,2-6H2,1H3;1H/t7-;/m0./s1. The molecule has 0 amide bonds. The molecule has 0 aromatic carbocycles. The zero-order chi connectivity index (χ0) is 6.74. The average Bonchev–Trinajstić information content (AvgIpc) is 1.92. The van der Waals surface area contributed by atoms with Crippen molar-refractivity contribution >= 4 is 12.4 Å². The first-order chi connectivity index (χ1) is 4.21. The van der Waals surface area contributed by atoms with Gasteiger partial charge in [0, 0.05) is 0 Å². The molecular weight excluding hydrogens is 150 g/mol. The Hall–Kier alpha value is 0.210. The van der Waals surface area contributed by atoms with Crippen LogP contribution < -0.4 is 5.32 Å². The summed E-state index contributed by atoms with van der Waals surface area (Å²) in [4.78, 5) is 0. The molecule has 1 aliphatic rings. The fourth-order valence-electron chi connectivity index (χ4n) is 1.20. The first-order valence-corrected chi connectivity index (χ1v) is 3.64. The van der Waals surface area contributed by atoms with Gasteiger partial charge in [-0.2, -0.15) is 0 Å². The first kappa shape index (κ1) is 10.2. The molecule has 0 aliphatic carbocycles. The summed E-state index contributed by atoms with van der Waals surface area (Å²) < 4.78 is 0. The molecule has 0 bridgehead atoms. The Morgan fingerprint density at radius 3 is 2.70 bits per heavy atom. The van der Waals surface area contributed by atoms with Gasteiger partial charge in [-0.3, -0.25) is 0 Å². The first-order valence-electron chi connectivity index (χ1n) is 3.64. The second kappa shape index (κ2) is 4.16. The third kappa shape index (κ3) is 3.40. The molecule has 1 heterocycles. The Balaban J connectivity index is 0.000000810. The Labute approximate surface area is 68.4 Å². The summed E-state index contributed by atoms with van der Waals surface area (Å²) in [5.74, 6) is 0. The maximum absolute atomic E-state index is 9.51. The smallest absolute Gasteiger partial charge is 0.0632 e. The molecule has 0 saturated carbocycles. The highest BCUT2D eigenvalue weighted by Gasteiger charge is 2.20. The van der Waals surface area contributed by atoms with Crippen LogP contribution in [0, 0.1) is 0 Å². The lowest BCUT2D eigenvalue weighted by Crippen LogP contribution is -2.25. The largest absolute Gasteiger partial charge is 0.390 e. The molecule has 3 heteroatoms. The topological polar surface area (TPSA) is 32.3 Å². The number of aliphatic hydroxyl groups is 1. The Bertz CT molecular complexity index is 85.6.